The van der Waals surface area contributed by atoms with E-state index in [4.69, 9.17) is 4.99 Å². The van der Waals surface area contributed by atoms with Crippen molar-refractivity contribution < 1.29 is 0 Å². The molecule has 1 aromatic rings. The van der Waals surface area contributed by atoms with Crippen LogP contribution in [0.3, 0.4) is 0 Å². The highest BCUT2D eigenvalue weighted by Gasteiger charge is 2.22. The van der Waals surface area contributed by atoms with E-state index in [-0.39, 0.29) is 6.04 Å². The summed E-state index contributed by atoms with van der Waals surface area (Å²) in [5, 5.41) is 11.4. The zero-order valence-electron chi connectivity index (χ0n) is 16.6. The minimum atomic E-state index is 0.235. The lowest BCUT2D eigenvalue weighted by atomic mass is 9.84. The Kier molecular flexibility index (Phi) is 7.75. The van der Waals surface area contributed by atoms with Crippen molar-refractivity contribution in [3.8, 4) is 0 Å². The van der Waals surface area contributed by atoms with Gasteiger partial charge in [0.15, 0.2) is 5.96 Å². The second kappa shape index (κ2) is 9.80. The molecule has 0 aromatic carbocycles. The van der Waals surface area contributed by atoms with E-state index >= 15 is 0 Å². The van der Waals surface area contributed by atoms with Gasteiger partial charge in [-0.1, -0.05) is 26.2 Å². The van der Waals surface area contributed by atoms with Crippen molar-refractivity contribution in [2.24, 2.45) is 18.0 Å². The highest BCUT2D eigenvalue weighted by molar-refractivity contribution is 5.80. The van der Waals surface area contributed by atoms with Gasteiger partial charge in [-0.2, -0.15) is 5.10 Å². The number of hydrogen-bond acceptors (Lipinski definition) is 3. The van der Waals surface area contributed by atoms with Crippen LogP contribution in [0, 0.1) is 5.92 Å². The zero-order chi connectivity index (χ0) is 18.2. The Morgan fingerprint density at radius 1 is 1.40 bits per heavy atom. The van der Waals surface area contributed by atoms with Gasteiger partial charge in [0.1, 0.15) is 0 Å². The van der Waals surface area contributed by atoms with E-state index in [1.807, 2.05) is 17.9 Å². The van der Waals surface area contributed by atoms with Crippen molar-refractivity contribution in [1.29, 1.82) is 0 Å². The molecule has 0 spiro atoms. The van der Waals surface area contributed by atoms with Crippen molar-refractivity contribution in [2.45, 2.75) is 58.0 Å². The van der Waals surface area contributed by atoms with Crippen LogP contribution in [0.5, 0.6) is 0 Å². The summed E-state index contributed by atoms with van der Waals surface area (Å²) in [6.45, 7) is 6.03. The largest absolute Gasteiger partial charge is 0.357 e. The molecule has 2 rings (SSSR count). The smallest absolute Gasteiger partial charge is 0.191 e. The number of nitrogens with zero attached hydrogens (tertiary/aromatic N) is 4. The lowest BCUT2D eigenvalue weighted by Crippen LogP contribution is -2.45. The number of aliphatic imine (C=N–C) groups is 1. The molecule has 1 saturated carbocycles. The molecule has 0 aliphatic heterocycles. The first-order valence-electron chi connectivity index (χ1n) is 9.73. The van der Waals surface area contributed by atoms with E-state index in [0.29, 0.717) is 6.04 Å². The molecule has 1 aliphatic rings. The lowest BCUT2D eigenvalue weighted by Gasteiger charge is -2.30. The van der Waals surface area contributed by atoms with E-state index < -0.39 is 0 Å². The molecule has 1 aromatic heterocycles. The number of rotatable bonds is 7. The molecule has 3 unspecified atom stereocenters. The second-order valence-electron chi connectivity index (χ2n) is 7.43. The summed E-state index contributed by atoms with van der Waals surface area (Å²) in [4.78, 5) is 7.09. The van der Waals surface area contributed by atoms with Crippen molar-refractivity contribution in [2.75, 3.05) is 27.2 Å². The minimum absolute atomic E-state index is 0.235. The van der Waals surface area contributed by atoms with Crippen LogP contribution in [0.2, 0.25) is 0 Å². The molecule has 6 heteroatoms. The first-order chi connectivity index (χ1) is 12.0. The maximum atomic E-state index is 4.88. The number of guanidine groups is 1. The average Bonchev–Trinajstić information content (AvgIpc) is 3.01. The Hall–Kier alpha value is -1.56. The summed E-state index contributed by atoms with van der Waals surface area (Å²) in [6, 6.07) is 0.784. The molecule has 3 atom stereocenters. The third-order valence-corrected chi connectivity index (χ3v) is 5.20. The fourth-order valence-corrected chi connectivity index (χ4v) is 3.66. The third kappa shape index (κ3) is 6.03. The minimum Gasteiger partial charge on any atom is -0.357 e. The molecular weight excluding hydrogens is 312 g/mol. The number of nitrogens with one attached hydrogen (secondary N) is 2. The van der Waals surface area contributed by atoms with Gasteiger partial charge in [-0.05, 0) is 39.8 Å². The van der Waals surface area contributed by atoms with Crippen LogP contribution >= 0.6 is 0 Å². The van der Waals surface area contributed by atoms with E-state index in [1.165, 1.54) is 37.7 Å². The molecule has 1 fully saturated rings. The quantitative estimate of drug-likeness (QED) is 0.587. The highest BCUT2D eigenvalue weighted by atomic mass is 15.3. The van der Waals surface area contributed by atoms with Gasteiger partial charge in [-0.15, -0.1) is 0 Å². The van der Waals surface area contributed by atoms with E-state index in [1.54, 1.807) is 0 Å². The molecule has 25 heavy (non-hydrogen) atoms. The summed E-state index contributed by atoms with van der Waals surface area (Å²) in [6.07, 6.45) is 10.5. The van der Waals surface area contributed by atoms with Gasteiger partial charge in [0.2, 0.25) is 0 Å². The molecular formula is C19H36N6. The Bertz CT molecular complexity index is 536. The van der Waals surface area contributed by atoms with Gasteiger partial charge in [0.25, 0.3) is 0 Å². The Balaban J connectivity index is 2.01. The first-order valence-corrected chi connectivity index (χ1v) is 9.73. The van der Waals surface area contributed by atoms with E-state index in [2.05, 4.69) is 54.8 Å². The van der Waals surface area contributed by atoms with Crippen molar-refractivity contribution in [1.82, 2.24) is 25.3 Å². The van der Waals surface area contributed by atoms with Gasteiger partial charge in [-0.25, -0.2) is 0 Å². The fourth-order valence-electron chi connectivity index (χ4n) is 3.66. The predicted octanol–water partition coefficient (Wildman–Crippen LogP) is 2.55. The topological polar surface area (TPSA) is 57.5 Å². The summed E-state index contributed by atoms with van der Waals surface area (Å²) in [5.41, 5.74) is 1.20. The summed E-state index contributed by atoms with van der Waals surface area (Å²) < 4.78 is 1.85. The van der Waals surface area contributed by atoms with Crippen LogP contribution in [0.15, 0.2) is 17.4 Å². The molecule has 2 N–H and O–H groups in total. The molecule has 6 nitrogen and oxygen atoms in total. The summed E-state index contributed by atoms with van der Waals surface area (Å²) in [5.74, 6) is 1.80. The number of hydrogen-bond donors (Lipinski definition) is 2. The SMILES string of the molecule is CCNC(=NCC(c1cnn(C)c1)N(C)C)NC1CCCC(CC)C1. The summed E-state index contributed by atoms with van der Waals surface area (Å²) >= 11 is 0. The van der Waals surface area contributed by atoms with Crippen LogP contribution in [-0.4, -0.2) is 53.9 Å². The van der Waals surface area contributed by atoms with Crippen molar-refractivity contribution in [3.63, 3.8) is 0 Å². The van der Waals surface area contributed by atoms with Crippen molar-refractivity contribution >= 4 is 5.96 Å². The molecule has 0 radical (unpaired) electrons. The van der Waals surface area contributed by atoms with Gasteiger partial charge in [-0.3, -0.25) is 9.67 Å². The predicted molar refractivity (Wildman–Crippen MR) is 105 cm³/mol. The second-order valence-corrected chi connectivity index (χ2v) is 7.43. The highest BCUT2D eigenvalue weighted by Crippen LogP contribution is 2.26. The van der Waals surface area contributed by atoms with Crippen LogP contribution in [0.4, 0.5) is 0 Å². The Labute approximate surface area is 153 Å². The molecule has 142 valence electrons. The molecule has 0 amide bonds. The van der Waals surface area contributed by atoms with E-state index in [9.17, 15) is 0 Å². The number of aromatic nitrogens is 2. The first kappa shape index (κ1) is 19.8. The van der Waals surface area contributed by atoms with Crippen LogP contribution < -0.4 is 10.6 Å². The normalized spacial score (nSPS) is 22.9. The third-order valence-electron chi connectivity index (χ3n) is 5.20. The molecule has 1 aliphatic carbocycles. The van der Waals surface area contributed by atoms with Crippen LogP contribution in [0.1, 0.15) is 57.6 Å². The van der Waals surface area contributed by atoms with Gasteiger partial charge < -0.3 is 15.5 Å². The van der Waals surface area contributed by atoms with Gasteiger partial charge in [0, 0.05) is 31.4 Å². The van der Waals surface area contributed by atoms with Crippen LogP contribution in [0.25, 0.3) is 0 Å². The van der Waals surface area contributed by atoms with Gasteiger partial charge in [0.05, 0.1) is 18.8 Å². The Morgan fingerprint density at radius 2 is 2.20 bits per heavy atom. The standard InChI is InChI=1S/C19H36N6/c1-6-15-9-8-10-17(11-15)23-19(20-7-2)21-13-18(24(3)4)16-12-22-25(5)14-16/h12,14-15,17-18H,6-11,13H2,1-5H3,(H2,20,21,23). The maximum absolute atomic E-state index is 4.88. The number of likely N-dealkylation sites (N-methyl/N-ethyl adjacent to an activating group) is 1. The van der Waals surface area contributed by atoms with Crippen LogP contribution in [-0.2, 0) is 7.05 Å². The van der Waals surface area contributed by atoms with Crippen molar-refractivity contribution in [3.05, 3.63) is 18.0 Å². The summed E-state index contributed by atoms with van der Waals surface area (Å²) in [7, 11) is 6.15. The monoisotopic (exact) mass is 348 g/mol. The molecule has 0 bridgehead atoms. The average molecular weight is 349 g/mol. The van der Waals surface area contributed by atoms with Gasteiger partial charge >= 0.3 is 0 Å². The number of aryl methyl sites for hydroxylation is 1. The van der Waals surface area contributed by atoms with E-state index in [0.717, 1.165) is 25.0 Å². The fraction of sp³-hybridized carbons (Fsp3) is 0.789. The lowest BCUT2D eigenvalue weighted by molar-refractivity contribution is 0.295. The molecule has 0 saturated heterocycles. The molecule has 1 heterocycles. The Morgan fingerprint density at radius 3 is 2.80 bits per heavy atom. The maximum Gasteiger partial charge on any atom is 0.191 e. The zero-order valence-corrected chi connectivity index (χ0v) is 16.6.